The maximum absolute atomic E-state index is 13.2. The highest BCUT2D eigenvalue weighted by Crippen LogP contribution is 2.51. The quantitative estimate of drug-likeness (QED) is 0.372. The Morgan fingerprint density at radius 1 is 0.939 bits per heavy atom. The van der Waals surface area contributed by atoms with Crippen LogP contribution in [0.5, 0.6) is 0 Å². The minimum atomic E-state index is -3.72. The van der Waals surface area contributed by atoms with Gasteiger partial charge in [0.15, 0.2) is 0 Å². The number of nitrogens with one attached hydrogen (secondary N) is 2. The van der Waals surface area contributed by atoms with Crippen molar-refractivity contribution in [1.29, 1.82) is 0 Å². The zero-order valence-electron chi connectivity index (χ0n) is 18.3. The lowest BCUT2D eigenvalue weighted by Gasteiger charge is -2.38. The van der Waals surface area contributed by atoms with Crippen LogP contribution in [-0.4, -0.2) is 8.42 Å². The van der Waals surface area contributed by atoms with E-state index in [9.17, 15) is 8.42 Å². The van der Waals surface area contributed by atoms with Crippen LogP contribution >= 0.6 is 23.2 Å². The summed E-state index contributed by atoms with van der Waals surface area (Å²) in [6.07, 6.45) is 5.23. The van der Waals surface area contributed by atoms with E-state index in [1.807, 2.05) is 50.2 Å². The molecule has 5 rings (SSSR count). The SMILES string of the molecule is Cc1cc(C)cc(NS(=O)(=O)c2ccc3c(c2)[C@H]2C=CC[C@H]2[C@@H](c2ccc(Cl)cc2Cl)N3)c1. The Labute approximate surface area is 204 Å². The van der Waals surface area contributed by atoms with Gasteiger partial charge in [-0.05, 0) is 90.9 Å². The number of benzene rings is 3. The van der Waals surface area contributed by atoms with E-state index in [1.165, 1.54) is 0 Å². The first kappa shape index (κ1) is 22.3. The van der Waals surface area contributed by atoms with Crippen LogP contribution in [0, 0.1) is 19.8 Å². The number of anilines is 2. The summed E-state index contributed by atoms with van der Waals surface area (Å²) in [7, 11) is -3.72. The third kappa shape index (κ3) is 4.25. The van der Waals surface area contributed by atoms with Gasteiger partial charge in [0.05, 0.1) is 10.9 Å². The monoisotopic (exact) mass is 498 g/mol. The van der Waals surface area contributed by atoms with E-state index in [2.05, 4.69) is 22.2 Å². The van der Waals surface area contributed by atoms with Crippen molar-refractivity contribution in [3.63, 3.8) is 0 Å². The zero-order valence-corrected chi connectivity index (χ0v) is 20.6. The minimum absolute atomic E-state index is 0.0121. The third-order valence-electron chi connectivity index (χ3n) is 6.42. The molecule has 0 spiro atoms. The third-order valence-corrected chi connectivity index (χ3v) is 8.36. The Hall–Kier alpha value is -2.47. The summed E-state index contributed by atoms with van der Waals surface area (Å²) in [5, 5.41) is 4.84. The number of sulfonamides is 1. The van der Waals surface area contributed by atoms with Gasteiger partial charge < -0.3 is 5.32 Å². The number of allylic oxidation sites excluding steroid dienone is 2. The van der Waals surface area contributed by atoms with E-state index in [0.29, 0.717) is 15.7 Å². The molecule has 1 aliphatic heterocycles. The molecule has 3 aromatic carbocycles. The summed E-state index contributed by atoms with van der Waals surface area (Å²) in [4.78, 5) is 0.254. The Balaban J connectivity index is 1.50. The fourth-order valence-corrected chi connectivity index (χ4v) is 6.65. The van der Waals surface area contributed by atoms with Gasteiger partial charge in [0.2, 0.25) is 0 Å². The molecule has 0 amide bonds. The van der Waals surface area contributed by atoms with E-state index >= 15 is 0 Å². The fourth-order valence-electron chi connectivity index (χ4n) is 5.05. The molecular weight excluding hydrogens is 475 g/mol. The van der Waals surface area contributed by atoms with E-state index in [0.717, 1.165) is 34.4 Å². The standard InChI is InChI=1S/C26H24Cl2N2O2S/c1-15-10-16(2)12-18(11-15)30-33(31,32)19-7-9-25-23(14-19)20-4-3-5-21(20)26(29-25)22-8-6-17(27)13-24(22)28/h3-4,6-14,20-21,26,29-30H,5H2,1-2H3/t20-,21+,26-/m0/s1. The Morgan fingerprint density at radius 3 is 2.42 bits per heavy atom. The second kappa shape index (κ2) is 8.39. The molecule has 0 saturated carbocycles. The van der Waals surface area contributed by atoms with E-state index in [-0.39, 0.29) is 22.8 Å². The van der Waals surface area contributed by atoms with Crippen molar-refractivity contribution in [3.8, 4) is 0 Å². The van der Waals surface area contributed by atoms with E-state index in [4.69, 9.17) is 23.2 Å². The predicted molar refractivity (Wildman–Crippen MR) is 136 cm³/mol. The predicted octanol–water partition coefficient (Wildman–Crippen LogP) is 7.24. The molecule has 0 saturated heterocycles. The zero-order chi connectivity index (χ0) is 23.3. The molecule has 0 aromatic heterocycles. The van der Waals surface area contributed by atoms with Crippen LogP contribution in [0.2, 0.25) is 10.0 Å². The van der Waals surface area contributed by atoms with Crippen molar-refractivity contribution in [2.24, 2.45) is 5.92 Å². The molecule has 0 radical (unpaired) electrons. The van der Waals surface area contributed by atoms with Crippen molar-refractivity contribution >= 4 is 44.6 Å². The Morgan fingerprint density at radius 2 is 1.70 bits per heavy atom. The number of aryl methyl sites for hydroxylation is 2. The molecule has 3 aromatic rings. The fraction of sp³-hybridized carbons (Fsp3) is 0.231. The van der Waals surface area contributed by atoms with Gasteiger partial charge in [-0.25, -0.2) is 8.42 Å². The van der Waals surface area contributed by atoms with Crippen LogP contribution in [-0.2, 0) is 10.0 Å². The Bertz CT molecular complexity index is 1360. The summed E-state index contributed by atoms with van der Waals surface area (Å²) in [6, 6.07) is 16.6. The summed E-state index contributed by atoms with van der Waals surface area (Å²) in [6.45, 7) is 3.90. The molecule has 0 fully saturated rings. The molecule has 7 heteroatoms. The van der Waals surface area contributed by atoms with Crippen molar-refractivity contribution in [3.05, 3.63) is 99.0 Å². The van der Waals surface area contributed by atoms with Gasteiger partial charge in [-0.1, -0.05) is 47.5 Å². The normalized spacial score (nSPS) is 21.3. The van der Waals surface area contributed by atoms with Gasteiger partial charge in [-0.3, -0.25) is 4.72 Å². The number of fused-ring (bicyclic) bond motifs is 3. The Kier molecular flexibility index (Phi) is 5.68. The van der Waals surface area contributed by atoms with Gasteiger partial charge in [-0.15, -0.1) is 0 Å². The van der Waals surface area contributed by atoms with E-state index < -0.39 is 10.0 Å². The van der Waals surface area contributed by atoms with Crippen LogP contribution in [0.3, 0.4) is 0 Å². The van der Waals surface area contributed by atoms with Crippen molar-refractivity contribution in [2.45, 2.75) is 37.1 Å². The minimum Gasteiger partial charge on any atom is -0.378 e. The average molecular weight is 499 g/mol. The van der Waals surface area contributed by atoms with Crippen LogP contribution in [0.1, 0.15) is 40.6 Å². The maximum atomic E-state index is 13.2. The molecule has 2 aliphatic rings. The molecule has 3 atom stereocenters. The maximum Gasteiger partial charge on any atom is 0.261 e. The van der Waals surface area contributed by atoms with Crippen LogP contribution in [0.15, 0.2) is 71.6 Å². The van der Waals surface area contributed by atoms with Crippen molar-refractivity contribution in [1.82, 2.24) is 0 Å². The number of hydrogen-bond acceptors (Lipinski definition) is 3. The lowest BCUT2D eigenvalue weighted by molar-refractivity contribution is 0.425. The number of hydrogen-bond donors (Lipinski definition) is 2. The van der Waals surface area contributed by atoms with E-state index in [1.54, 1.807) is 18.2 Å². The molecular formula is C26H24Cl2N2O2S. The summed E-state index contributed by atoms with van der Waals surface area (Å²) in [5.74, 6) is 0.343. The number of halogens is 2. The van der Waals surface area contributed by atoms with Gasteiger partial charge >= 0.3 is 0 Å². The summed E-state index contributed by atoms with van der Waals surface area (Å²) >= 11 is 12.6. The van der Waals surface area contributed by atoms with Gasteiger partial charge in [0.25, 0.3) is 10.0 Å². The smallest absolute Gasteiger partial charge is 0.261 e. The lowest BCUT2D eigenvalue weighted by atomic mass is 9.77. The molecule has 1 aliphatic carbocycles. The van der Waals surface area contributed by atoms with Crippen LogP contribution in [0.4, 0.5) is 11.4 Å². The highest BCUT2D eigenvalue weighted by atomic mass is 35.5. The molecule has 4 nitrogen and oxygen atoms in total. The van der Waals surface area contributed by atoms with Gasteiger partial charge in [-0.2, -0.15) is 0 Å². The van der Waals surface area contributed by atoms with Crippen LogP contribution in [0.25, 0.3) is 0 Å². The van der Waals surface area contributed by atoms with Crippen LogP contribution < -0.4 is 10.0 Å². The average Bonchev–Trinajstić information content (AvgIpc) is 3.22. The number of rotatable bonds is 4. The summed E-state index contributed by atoms with van der Waals surface area (Å²) in [5.41, 5.74) is 5.49. The molecule has 0 bridgehead atoms. The summed E-state index contributed by atoms with van der Waals surface area (Å²) < 4.78 is 29.1. The van der Waals surface area contributed by atoms with Gasteiger partial charge in [0, 0.05) is 27.3 Å². The highest BCUT2D eigenvalue weighted by molar-refractivity contribution is 7.92. The second-order valence-corrected chi connectivity index (χ2v) is 11.4. The molecule has 2 N–H and O–H groups in total. The first-order chi connectivity index (χ1) is 15.7. The lowest BCUT2D eigenvalue weighted by Crippen LogP contribution is -2.29. The largest absolute Gasteiger partial charge is 0.378 e. The molecule has 170 valence electrons. The highest BCUT2D eigenvalue weighted by Gasteiger charge is 2.39. The molecule has 1 heterocycles. The van der Waals surface area contributed by atoms with Gasteiger partial charge in [0.1, 0.15) is 0 Å². The van der Waals surface area contributed by atoms with Crippen molar-refractivity contribution < 1.29 is 8.42 Å². The van der Waals surface area contributed by atoms with Crippen molar-refractivity contribution in [2.75, 3.05) is 10.0 Å². The first-order valence-electron chi connectivity index (χ1n) is 10.8. The topological polar surface area (TPSA) is 58.2 Å². The molecule has 0 unspecified atom stereocenters. The first-order valence-corrected chi connectivity index (χ1v) is 13.1. The second-order valence-electron chi connectivity index (χ2n) is 8.87. The molecule has 33 heavy (non-hydrogen) atoms.